The molecule has 3 rings (SSSR count). The molecule has 29 heavy (non-hydrogen) atoms. The lowest BCUT2D eigenvalue weighted by atomic mass is 10.1. The zero-order valence-corrected chi connectivity index (χ0v) is 17.0. The highest BCUT2D eigenvalue weighted by Gasteiger charge is 2.34. The van der Waals surface area contributed by atoms with Gasteiger partial charge < -0.3 is 21.3 Å². The number of primary amides is 1. The molecule has 4 N–H and O–H groups in total. The summed E-state index contributed by atoms with van der Waals surface area (Å²) in [4.78, 5) is 37.9. The van der Waals surface area contributed by atoms with E-state index in [-0.39, 0.29) is 11.8 Å². The maximum absolute atomic E-state index is 12.9. The van der Waals surface area contributed by atoms with Gasteiger partial charge in [-0.1, -0.05) is 35.3 Å². The molecule has 0 saturated carbocycles. The van der Waals surface area contributed by atoms with E-state index in [1.165, 1.54) is 0 Å². The first-order valence-corrected chi connectivity index (χ1v) is 9.79. The predicted molar refractivity (Wildman–Crippen MR) is 112 cm³/mol. The molecule has 2 aromatic rings. The number of halogens is 2. The zero-order valence-electron chi connectivity index (χ0n) is 15.5. The minimum absolute atomic E-state index is 0.219. The lowest BCUT2D eigenvalue weighted by Gasteiger charge is -2.24. The first-order chi connectivity index (χ1) is 13.8. The van der Waals surface area contributed by atoms with Crippen LogP contribution in [-0.4, -0.2) is 35.3 Å². The van der Waals surface area contributed by atoms with Crippen LogP contribution in [0.4, 0.5) is 10.5 Å². The van der Waals surface area contributed by atoms with Crippen LogP contribution in [0.5, 0.6) is 0 Å². The SMILES string of the molecule is NC(=O)Nc1ccc(CNC(=O)C2CCCN2C(=O)c2cc(Cl)cc(Cl)c2)cc1. The van der Waals surface area contributed by atoms with E-state index in [0.29, 0.717) is 40.8 Å². The van der Waals surface area contributed by atoms with Gasteiger partial charge >= 0.3 is 6.03 Å². The van der Waals surface area contributed by atoms with E-state index in [2.05, 4.69) is 10.6 Å². The van der Waals surface area contributed by atoms with Crippen LogP contribution in [0.3, 0.4) is 0 Å². The molecule has 0 radical (unpaired) electrons. The highest BCUT2D eigenvalue weighted by Crippen LogP contribution is 2.24. The number of nitrogens with two attached hydrogens (primary N) is 1. The van der Waals surface area contributed by atoms with Gasteiger partial charge in [0, 0.05) is 34.4 Å². The Morgan fingerprint density at radius 1 is 1.07 bits per heavy atom. The molecule has 0 aromatic heterocycles. The van der Waals surface area contributed by atoms with E-state index in [1.54, 1.807) is 47.4 Å². The summed E-state index contributed by atoms with van der Waals surface area (Å²) >= 11 is 12.0. The van der Waals surface area contributed by atoms with Crippen LogP contribution >= 0.6 is 23.2 Å². The van der Waals surface area contributed by atoms with Gasteiger partial charge in [0.25, 0.3) is 5.91 Å². The summed E-state index contributed by atoms with van der Waals surface area (Å²) < 4.78 is 0. The second-order valence-electron chi connectivity index (χ2n) is 6.72. The topological polar surface area (TPSA) is 105 Å². The molecule has 1 aliphatic heterocycles. The van der Waals surface area contributed by atoms with Gasteiger partial charge in [0.15, 0.2) is 0 Å². The first-order valence-electron chi connectivity index (χ1n) is 9.03. The number of benzene rings is 2. The fraction of sp³-hybridized carbons (Fsp3) is 0.250. The van der Waals surface area contributed by atoms with E-state index >= 15 is 0 Å². The minimum atomic E-state index is -0.641. The van der Waals surface area contributed by atoms with Gasteiger partial charge in [0.2, 0.25) is 5.91 Å². The molecule has 2 aromatic carbocycles. The quantitative estimate of drug-likeness (QED) is 0.671. The summed E-state index contributed by atoms with van der Waals surface area (Å²) in [6.45, 7) is 0.797. The summed E-state index contributed by atoms with van der Waals surface area (Å²) in [6.07, 6.45) is 1.33. The average molecular weight is 435 g/mol. The second-order valence-corrected chi connectivity index (χ2v) is 7.59. The average Bonchev–Trinajstić information content (AvgIpc) is 3.15. The predicted octanol–water partition coefficient (Wildman–Crippen LogP) is 3.41. The highest BCUT2D eigenvalue weighted by atomic mass is 35.5. The molecule has 7 nitrogen and oxygen atoms in total. The fourth-order valence-corrected chi connectivity index (χ4v) is 3.81. The van der Waals surface area contributed by atoms with Crippen molar-refractivity contribution in [2.45, 2.75) is 25.4 Å². The van der Waals surface area contributed by atoms with Crippen LogP contribution in [0.25, 0.3) is 0 Å². The second kappa shape index (κ2) is 9.15. The number of amides is 4. The number of rotatable bonds is 5. The van der Waals surface area contributed by atoms with Crippen molar-refractivity contribution >= 4 is 46.7 Å². The Balaban J connectivity index is 1.62. The highest BCUT2D eigenvalue weighted by molar-refractivity contribution is 6.35. The maximum atomic E-state index is 12.9. The number of nitrogens with zero attached hydrogens (tertiary/aromatic N) is 1. The summed E-state index contributed by atoms with van der Waals surface area (Å²) in [7, 11) is 0. The first kappa shape index (κ1) is 21.0. The standard InChI is InChI=1S/C20H20Cl2N4O3/c21-14-8-13(9-15(22)10-14)19(28)26-7-1-2-17(26)18(27)24-11-12-3-5-16(6-4-12)25-20(23)29/h3-6,8-10,17H,1-2,7,11H2,(H,24,27)(H3,23,25,29). The van der Waals surface area contributed by atoms with Gasteiger partial charge in [0.1, 0.15) is 6.04 Å². The van der Waals surface area contributed by atoms with E-state index in [0.717, 1.165) is 12.0 Å². The third-order valence-electron chi connectivity index (χ3n) is 4.61. The monoisotopic (exact) mass is 434 g/mol. The molecule has 1 heterocycles. The van der Waals surface area contributed by atoms with Crippen molar-refractivity contribution in [1.82, 2.24) is 10.2 Å². The van der Waals surface area contributed by atoms with Crippen LogP contribution in [0, 0.1) is 0 Å². The number of carbonyl (C=O) groups excluding carboxylic acids is 3. The third kappa shape index (κ3) is 5.40. The van der Waals surface area contributed by atoms with Gasteiger partial charge in [-0.25, -0.2) is 4.79 Å². The molecule has 152 valence electrons. The molecule has 0 bridgehead atoms. The molecular weight excluding hydrogens is 415 g/mol. The maximum Gasteiger partial charge on any atom is 0.316 e. The number of anilines is 1. The van der Waals surface area contributed by atoms with Crippen molar-refractivity contribution in [2.24, 2.45) is 5.73 Å². The van der Waals surface area contributed by atoms with Crippen molar-refractivity contribution in [3.05, 3.63) is 63.6 Å². The van der Waals surface area contributed by atoms with Gasteiger partial charge in [-0.2, -0.15) is 0 Å². The Kier molecular flexibility index (Phi) is 6.61. The van der Waals surface area contributed by atoms with Crippen LogP contribution in [0.1, 0.15) is 28.8 Å². The largest absolute Gasteiger partial charge is 0.351 e. The van der Waals surface area contributed by atoms with Crippen LogP contribution < -0.4 is 16.4 Å². The Morgan fingerprint density at radius 3 is 2.34 bits per heavy atom. The Hall–Kier alpha value is -2.77. The molecule has 0 spiro atoms. The molecule has 4 amide bonds. The molecule has 0 aliphatic carbocycles. The third-order valence-corrected chi connectivity index (χ3v) is 5.05. The number of likely N-dealkylation sites (tertiary alicyclic amines) is 1. The van der Waals surface area contributed by atoms with E-state index in [4.69, 9.17) is 28.9 Å². The summed E-state index contributed by atoms with van der Waals surface area (Å²) in [5, 5.41) is 6.08. The number of hydrogen-bond acceptors (Lipinski definition) is 3. The Labute approximate surface area is 178 Å². The molecule has 1 fully saturated rings. The Morgan fingerprint density at radius 2 is 1.72 bits per heavy atom. The van der Waals surface area contributed by atoms with Crippen LogP contribution in [0.2, 0.25) is 10.0 Å². The van der Waals surface area contributed by atoms with Gasteiger partial charge in [0.05, 0.1) is 0 Å². The number of nitrogens with one attached hydrogen (secondary N) is 2. The van der Waals surface area contributed by atoms with Crippen LogP contribution in [-0.2, 0) is 11.3 Å². The summed E-state index contributed by atoms with van der Waals surface area (Å²) in [6, 6.07) is 10.4. The lowest BCUT2D eigenvalue weighted by molar-refractivity contribution is -0.125. The van der Waals surface area contributed by atoms with Gasteiger partial charge in [-0.05, 0) is 48.7 Å². The zero-order chi connectivity index (χ0) is 21.0. The van der Waals surface area contributed by atoms with E-state index < -0.39 is 12.1 Å². The van der Waals surface area contributed by atoms with Crippen molar-refractivity contribution in [3.63, 3.8) is 0 Å². The van der Waals surface area contributed by atoms with E-state index in [9.17, 15) is 14.4 Å². The Bertz CT molecular complexity index is 914. The number of hydrogen-bond donors (Lipinski definition) is 3. The number of urea groups is 1. The van der Waals surface area contributed by atoms with Gasteiger partial charge in [-0.3, -0.25) is 9.59 Å². The van der Waals surface area contributed by atoms with Crippen LogP contribution in [0.15, 0.2) is 42.5 Å². The molecule has 1 saturated heterocycles. The summed E-state index contributed by atoms with van der Waals surface area (Å²) in [5.41, 5.74) is 6.86. The molecule has 1 atom stereocenters. The van der Waals surface area contributed by atoms with Crippen molar-refractivity contribution in [3.8, 4) is 0 Å². The minimum Gasteiger partial charge on any atom is -0.351 e. The van der Waals surface area contributed by atoms with Crippen molar-refractivity contribution in [2.75, 3.05) is 11.9 Å². The van der Waals surface area contributed by atoms with Crippen molar-refractivity contribution in [1.29, 1.82) is 0 Å². The van der Waals surface area contributed by atoms with Crippen molar-refractivity contribution < 1.29 is 14.4 Å². The normalized spacial score (nSPS) is 15.8. The van der Waals surface area contributed by atoms with E-state index in [1.807, 2.05) is 0 Å². The lowest BCUT2D eigenvalue weighted by Crippen LogP contribution is -2.45. The molecule has 9 heteroatoms. The summed E-state index contributed by atoms with van der Waals surface area (Å²) in [5.74, 6) is -0.489. The van der Waals surface area contributed by atoms with Gasteiger partial charge in [-0.15, -0.1) is 0 Å². The smallest absolute Gasteiger partial charge is 0.316 e. The fourth-order valence-electron chi connectivity index (χ4n) is 3.28. The molecule has 1 unspecified atom stereocenters. The number of carbonyl (C=O) groups is 3. The molecular formula is C20H20Cl2N4O3. The molecule has 1 aliphatic rings.